The molecule has 0 radical (unpaired) electrons. The van der Waals surface area contributed by atoms with E-state index >= 15 is 0 Å². The van der Waals surface area contributed by atoms with Gasteiger partial charge in [0.05, 0.1) is 11.4 Å². The maximum Gasteiger partial charge on any atom is 0.0509 e. The molecule has 2 aliphatic heterocycles. The Balaban J connectivity index is 0.730. The van der Waals surface area contributed by atoms with E-state index in [4.69, 9.17) is 0 Å². The molecule has 0 aromatic heterocycles. The summed E-state index contributed by atoms with van der Waals surface area (Å²) in [4.78, 5) is 9.58. The van der Waals surface area contributed by atoms with Crippen LogP contribution in [0.5, 0.6) is 0 Å². The molecule has 0 saturated heterocycles. The van der Waals surface area contributed by atoms with Crippen molar-refractivity contribution in [2.75, 3.05) is 33.7 Å². The minimum absolute atomic E-state index is 0.0520. The quantitative estimate of drug-likeness (QED) is 0.150. The standard InChI is InChI=1S/C78H60N4/c1-77(2)67-23-15-13-21-59(67)61-37-29-51(45-69(61)77)49-25-31-55(32-26-49)81(53-17-9-7-10-18-53)57-35-39-63-65-41-42-66-64-40-36-58(48-74(64)80(6)72-44-43-71(75(65)76(66)72)79(5)73(63)47-57)82(54-19-11-8-12-20-54)56-33-27-50(28-34-56)52-30-38-62-60-22-14-16-24-68(60)78(3,4)70(62)46-52/h7-48H,1-6H3. The molecule has 0 saturated carbocycles. The molecule has 16 rings (SSSR count). The number of para-hydroxylation sites is 2. The van der Waals surface area contributed by atoms with Gasteiger partial charge in [0.15, 0.2) is 0 Å². The van der Waals surface area contributed by atoms with Gasteiger partial charge in [0.1, 0.15) is 0 Å². The van der Waals surface area contributed by atoms with Gasteiger partial charge in [-0.1, -0.05) is 185 Å². The van der Waals surface area contributed by atoms with Crippen LogP contribution in [0.2, 0.25) is 0 Å². The first kappa shape index (κ1) is 48.0. The van der Waals surface area contributed by atoms with Crippen LogP contribution in [0.25, 0.3) is 77.5 Å². The molecule has 392 valence electrons. The number of anilines is 10. The summed E-state index contributed by atoms with van der Waals surface area (Å²) in [6, 6.07) is 95.0. The van der Waals surface area contributed by atoms with Crippen LogP contribution in [0.3, 0.4) is 0 Å². The van der Waals surface area contributed by atoms with Gasteiger partial charge in [-0.25, -0.2) is 0 Å². The average Bonchev–Trinajstić information content (AvgIpc) is 3.54. The SMILES string of the molecule is CN1c2cc(N(c3ccccc3)c3ccc(-c4ccc5c(c4)C(C)(C)c4ccccc4-5)cc3)ccc2-c2ccc3c4c(ccc1c24)N(C)c1cc(N(c2ccccc2)c2ccc(-c4ccc5c(c4)C(C)(C)c4ccccc4-5)cc2)ccc1-3. The smallest absolute Gasteiger partial charge is 0.0509 e. The summed E-state index contributed by atoms with van der Waals surface area (Å²) in [5, 5.41) is 2.58. The summed E-state index contributed by atoms with van der Waals surface area (Å²) < 4.78 is 0. The molecule has 2 heterocycles. The lowest BCUT2D eigenvalue weighted by Gasteiger charge is -2.37. The molecule has 0 bridgehead atoms. The summed E-state index contributed by atoms with van der Waals surface area (Å²) in [7, 11) is 4.47. The Bertz CT molecular complexity index is 4300. The van der Waals surface area contributed by atoms with Crippen LogP contribution in [0.1, 0.15) is 49.9 Å². The molecule has 0 fully saturated rings. The second-order valence-electron chi connectivity index (χ2n) is 23.8. The summed E-state index contributed by atoms with van der Waals surface area (Å²) in [5.74, 6) is 0. The molecule has 0 N–H and O–H groups in total. The van der Waals surface area contributed by atoms with E-state index in [0.29, 0.717) is 0 Å². The second-order valence-corrected chi connectivity index (χ2v) is 23.8. The average molecular weight is 1050 g/mol. The maximum absolute atomic E-state index is 2.41. The van der Waals surface area contributed by atoms with Crippen LogP contribution in [-0.2, 0) is 10.8 Å². The Labute approximate surface area is 481 Å². The molecule has 0 atom stereocenters. The first-order valence-corrected chi connectivity index (χ1v) is 28.8. The van der Waals surface area contributed by atoms with Crippen LogP contribution in [0.4, 0.5) is 56.9 Å². The topological polar surface area (TPSA) is 13.0 Å². The Morgan fingerprint density at radius 2 is 0.561 bits per heavy atom. The molecule has 0 amide bonds. The van der Waals surface area contributed by atoms with E-state index in [0.717, 1.165) is 34.1 Å². The molecular weight excluding hydrogens is 993 g/mol. The molecule has 12 aromatic carbocycles. The highest BCUT2D eigenvalue weighted by Gasteiger charge is 2.37. The third-order valence-electron chi connectivity index (χ3n) is 18.7. The minimum atomic E-state index is -0.0520. The molecule has 4 heteroatoms. The lowest BCUT2D eigenvalue weighted by atomic mass is 9.81. The third kappa shape index (κ3) is 7.04. The van der Waals surface area contributed by atoms with Crippen LogP contribution >= 0.6 is 0 Å². The van der Waals surface area contributed by atoms with Gasteiger partial charge in [-0.2, -0.15) is 0 Å². The highest BCUT2D eigenvalue weighted by Crippen LogP contribution is 2.58. The van der Waals surface area contributed by atoms with E-state index in [2.05, 4.69) is 316 Å². The van der Waals surface area contributed by atoms with Gasteiger partial charge in [-0.3, -0.25) is 0 Å². The van der Waals surface area contributed by atoms with E-state index in [-0.39, 0.29) is 10.8 Å². The van der Waals surface area contributed by atoms with Gasteiger partial charge in [-0.05, 0) is 175 Å². The lowest BCUT2D eigenvalue weighted by Crippen LogP contribution is -2.20. The fourth-order valence-corrected chi connectivity index (χ4v) is 14.5. The van der Waals surface area contributed by atoms with Gasteiger partial charge < -0.3 is 19.6 Å². The van der Waals surface area contributed by atoms with Gasteiger partial charge in [0, 0.05) is 92.3 Å². The zero-order valence-corrected chi connectivity index (χ0v) is 47.0. The zero-order valence-electron chi connectivity index (χ0n) is 47.0. The number of hydrogen-bond donors (Lipinski definition) is 0. The highest BCUT2D eigenvalue weighted by molar-refractivity contribution is 6.23. The van der Waals surface area contributed by atoms with Gasteiger partial charge >= 0.3 is 0 Å². The Hall–Kier alpha value is -9.90. The predicted octanol–water partition coefficient (Wildman–Crippen LogP) is 21.2. The van der Waals surface area contributed by atoms with Crippen molar-refractivity contribution in [3.05, 3.63) is 277 Å². The monoisotopic (exact) mass is 1050 g/mol. The number of fused-ring (bicyclic) bond motifs is 10. The number of benzene rings is 12. The van der Waals surface area contributed by atoms with Gasteiger partial charge in [0.2, 0.25) is 0 Å². The van der Waals surface area contributed by atoms with Crippen molar-refractivity contribution in [2.45, 2.75) is 38.5 Å². The van der Waals surface area contributed by atoms with Crippen molar-refractivity contribution in [1.82, 2.24) is 0 Å². The first-order valence-electron chi connectivity index (χ1n) is 28.8. The van der Waals surface area contributed by atoms with Crippen LogP contribution < -0.4 is 19.6 Å². The van der Waals surface area contributed by atoms with Gasteiger partial charge in [-0.15, -0.1) is 0 Å². The van der Waals surface area contributed by atoms with E-state index in [1.165, 1.54) is 123 Å². The largest absolute Gasteiger partial charge is 0.344 e. The van der Waals surface area contributed by atoms with Crippen molar-refractivity contribution in [1.29, 1.82) is 0 Å². The summed E-state index contributed by atoms with van der Waals surface area (Å²) in [5.41, 5.74) is 32.1. The number of nitrogens with zero attached hydrogens (tertiary/aromatic N) is 4. The Morgan fingerprint density at radius 1 is 0.244 bits per heavy atom. The van der Waals surface area contributed by atoms with Gasteiger partial charge in [0.25, 0.3) is 0 Å². The van der Waals surface area contributed by atoms with Crippen molar-refractivity contribution >= 4 is 67.6 Å². The highest BCUT2D eigenvalue weighted by atomic mass is 15.2. The fraction of sp³-hybridized carbons (Fsp3) is 0.103. The second kappa shape index (κ2) is 17.8. The molecule has 2 aliphatic carbocycles. The molecule has 12 aromatic rings. The molecule has 82 heavy (non-hydrogen) atoms. The molecule has 0 spiro atoms. The third-order valence-corrected chi connectivity index (χ3v) is 18.7. The van der Waals surface area contributed by atoms with Crippen molar-refractivity contribution in [3.63, 3.8) is 0 Å². The Kier molecular flexibility index (Phi) is 10.4. The van der Waals surface area contributed by atoms with Crippen molar-refractivity contribution in [3.8, 4) is 66.8 Å². The lowest BCUT2D eigenvalue weighted by molar-refractivity contribution is 0.660. The van der Waals surface area contributed by atoms with Crippen molar-refractivity contribution < 1.29 is 0 Å². The first-order chi connectivity index (χ1) is 40.0. The minimum Gasteiger partial charge on any atom is -0.344 e. The number of rotatable bonds is 8. The molecule has 0 unspecified atom stereocenters. The van der Waals surface area contributed by atoms with E-state index in [1.54, 1.807) is 0 Å². The normalized spacial score (nSPS) is 14.1. The van der Waals surface area contributed by atoms with Crippen LogP contribution in [-0.4, -0.2) is 14.1 Å². The van der Waals surface area contributed by atoms with E-state index in [1.807, 2.05) is 0 Å². The molecule has 4 aliphatic rings. The Morgan fingerprint density at radius 3 is 0.976 bits per heavy atom. The maximum atomic E-state index is 2.41. The zero-order chi connectivity index (χ0) is 55.2. The molecule has 4 nitrogen and oxygen atoms in total. The van der Waals surface area contributed by atoms with Crippen LogP contribution in [0, 0.1) is 0 Å². The van der Waals surface area contributed by atoms with E-state index in [9.17, 15) is 0 Å². The summed E-state index contributed by atoms with van der Waals surface area (Å²) in [6.07, 6.45) is 0. The number of hydrogen-bond acceptors (Lipinski definition) is 4. The van der Waals surface area contributed by atoms with E-state index < -0.39 is 0 Å². The summed E-state index contributed by atoms with van der Waals surface area (Å²) in [6.45, 7) is 9.41. The van der Waals surface area contributed by atoms with Crippen LogP contribution in [0.15, 0.2) is 255 Å². The molecular formula is C78H60N4. The van der Waals surface area contributed by atoms with Crippen molar-refractivity contribution in [2.24, 2.45) is 0 Å². The fourth-order valence-electron chi connectivity index (χ4n) is 14.5. The predicted molar refractivity (Wildman–Crippen MR) is 346 cm³/mol. The summed E-state index contributed by atoms with van der Waals surface area (Å²) >= 11 is 0.